The number of sulfone groups is 1. The highest BCUT2D eigenvalue weighted by atomic mass is 32.2. The lowest BCUT2D eigenvalue weighted by atomic mass is 9.86. The van der Waals surface area contributed by atoms with Crippen molar-refractivity contribution in [3.63, 3.8) is 0 Å². The van der Waals surface area contributed by atoms with Crippen LogP contribution in [0, 0.1) is 5.92 Å². The van der Waals surface area contributed by atoms with Crippen molar-refractivity contribution in [3.8, 4) is 0 Å². The van der Waals surface area contributed by atoms with Gasteiger partial charge in [0.25, 0.3) is 5.91 Å². The number of carbonyl (C=O) groups is 4. The van der Waals surface area contributed by atoms with E-state index in [9.17, 15) is 40.8 Å². The Labute approximate surface area is 247 Å². The number of hydrogen-bond acceptors (Lipinski definition) is 7. The lowest BCUT2D eigenvalue weighted by molar-refractivity contribution is -0.137. The number of hydrogen-bond donors (Lipinski definition) is 3. The maximum atomic E-state index is 13.4. The zero-order valence-corrected chi connectivity index (χ0v) is 24.7. The van der Waals surface area contributed by atoms with Gasteiger partial charge in [-0.2, -0.15) is 13.2 Å². The fourth-order valence-corrected chi connectivity index (χ4v) is 6.38. The number of alkyl halides is 3. The van der Waals surface area contributed by atoms with E-state index in [1.807, 2.05) is 0 Å². The van der Waals surface area contributed by atoms with Gasteiger partial charge in [-0.3, -0.25) is 19.7 Å². The Morgan fingerprint density at radius 3 is 2.26 bits per heavy atom. The van der Waals surface area contributed by atoms with Gasteiger partial charge >= 0.3 is 12.3 Å². The van der Waals surface area contributed by atoms with Gasteiger partial charge in [-0.05, 0) is 69.9 Å². The van der Waals surface area contributed by atoms with E-state index in [0.717, 1.165) is 18.9 Å². The summed E-state index contributed by atoms with van der Waals surface area (Å²) in [7, 11) is -3.73. The van der Waals surface area contributed by atoms with Crippen LogP contribution in [0.25, 0.3) is 0 Å². The molecule has 3 rings (SSSR count). The van der Waals surface area contributed by atoms with Crippen LogP contribution < -0.4 is 16.0 Å². The summed E-state index contributed by atoms with van der Waals surface area (Å²) >= 11 is 0. The van der Waals surface area contributed by atoms with Crippen LogP contribution in [0.15, 0.2) is 47.4 Å². The van der Waals surface area contributed by atoms with E-state index < -0.39 is 69.2 Å². The number of nitrogens with one attached hydrogen (secondary N) is 3. The Kier molecular flexibility index (Phi) is 10.6. The quantitative estimate of drug-likeness (QED) is 0.341. The summed E-state index contributed by atoms with van der Waals surface area (Å²) in [4.78, 5) is 48.8. The van der Waals surface area contributed by atoms with Gasteiger partial charge in [-0.15, -0.1) is 0 Å². The van der Waals surface area contributed by atoms with E-state index in [1.165, 1.54) is 24.3 Å². The van der Waals surface area contributed by atoms with Gasteiger partial charge < -0.3 is 15.4 Å². The minimum atomic E-state index is -4.77. The summed E-state index contributed by atoms with van der Waals surface area (Å²) in [5.41, 5.74) is -2.49. The minimum absolute atomic E-state index is 0.0536. The monoisotopic (exact) mass is 625 g/mol. The fraction of sp³-hybridized carbons (Fsp3) is 0.448. The highest BCUT2D eigenvalue weighted by Crippen LogP contribution is 2.32. The maximum Gasteiger partial charge on any atom is 0.416 e. The van der Waals surface area contributed by atoms with Crippen LogP contribution in [0.1, 0.15) is 72.7 Å². The number of aldehydes is 1. The van der Waals surface area contributed by atoms with Crippen LogP contribution in [0.5, 0.6) is 0 Å². The molecule has 0 bridgehead atoms. The highest BCUT2D eigenvalue weighted by molar-refractivity contribution is 7.91. The number of carbonyl (C=O) groups excluding carboxylic acids is 4. The van der Waals surface area contributed by atoms with Crippen molar-refractivity contribution >= 4 is 39.7 Å². The number of benzene rings is 2. The molecule has 0 aromatic heterocycles. The van der Waals surface area contributed by atoms with Gasteiger partial charge in [0, 0.05) is 11.6 Å². The number of ether oxygens (including phenoxy) is 1. The summed E-state index contributed by atoms with van der Waals surface area (Å²) in [6.45, 7) is 4.15. The molecule has 10 nitrogen and oxygen atoms in total. The first-order chi connectivity index (χ1) is 20.0. The molecule has 2 aromatic rings. The molecule has 14 heteroatoms. The van der Waals surface area contributed by atoms with Gasteiger partial charge in [0.2, 0.25) is 5.91 Å². The molecule has 1 fully saturated rings. The number of amides is 3. The third-order valence-electron chi connectivity index (χ3n) is 6.70. The molecule has 0 saturated heterocycles. The van der Waals surface area contributed by atoms with Crippen molar-refractivity contribution in [2.45, 2.75) is 69.2 Å². The molecular formula is C29H34F3N3O7S. The largest absolute Gasteiger partial charge is 0.444 e. The Hall–Kier alpha value is -3.94. The predicted molar refractivity (Wildman–Crippen MR) is 151 cm³/mol. The summed E-state index contributed by atoms with van der Waals surface area (Å²) in [5.74, 6) is -2.37. The summed E-state index contributed by atoms with van der Waals surface area (Å²) in [6, 6.07) is 7.17. The molecule has 0 radical (unpaired) electrons. The lowest BCUT2D eigenvalue weighted by Crippen LogP contribution is -2.47. The summed E-state index contributed by atoms with van der Waals surface area (Å²) in [6.07, 6.45) is -2.62. The maximum absolute atomic E-state index is 13.4. The van der Waals surface area contributed by atoms with Crippen LogP contribution in [-0.4, -0.2) is 56.6 Å². The van der Waals surface area contributed by atoms with E-state index in [4.69, 9.17) is 4.74 Å². The van der Waals surface area contributed by atoms with Gasteiger partial charge in [-0.1, -0.05) is 25.0 Å². The average Bonchev–Trinajstić information content (AvgIpc) is 2.91. The molecule has 3 N–H and O–H groups in total. The molecule has 234 valence electrons. The second-order valence-electron chi connectivity index (χ2n) is 11.3. The molecular weight excluding hydrogens is 591 g/mol. The molecule has 0 unspecified atom stereocenters. The van der Waals surface area contributed by atoms with E-state index in [2.05, 4.69) is 16.0 Å². The summed E-state index contributed by atoms with van der Waals surface area (Å²) in [5, 5.41) is 7.28. The van der Waals surface area contributed by atoms with Gasteiger partial charge in [0.05, 0.1) is 34.0 Å². The molecule has 3 amide bonds. The van der Waals surface area contributed by atoms with Crippen LogP contribution >= 0.6 is 0 Å². The number of rotatable bonds is 9. The lowest BCUT2D eigenvalue weighted by Gasteiger charge is -2.32. The van der Waals surface area contributed by atoms with Gasteiger partial charge in [0.15, 0.2) is 9.84 Å². The Balaban J connectivity index is 1.68. The molecule has 1 saturated carbocycles. The third kappa shape index (κ3) is 9.80. The molecule has 0 spiro atoms. The van der Waals surface area contributed by atoms with Crippen molar-refractivity contribution in [2.24, 2.45) is 5.92 Å². The fourth-order valence-electron chi connectivity index (χ4n) is 4.67. The standard InChI is InChI=1S/C29H34F3N3O7S/c1-28(2,3)42-27(39)35-24-13-10-20(29(30,31)32)14-22(24)26(38)33-15-25(37)34-23-7-5-4-6-19(23)17-43(40,41)21-11-8-18(16-36)9-12-21/h8-14,16,19,23H,4-7,15,17H2,1-3H3,(H,33,38)(H,34,37)(H,35,39)/t19-,23-/m0/s1. The van der Waals surface area contributed by atoms with Crippen LogP contribution in [0.4, 0.5) is 23.7 Å². The van der Waals surface area contributed by atoms with E-state index >= 15 is 0 Å². The van der Waals surface area contributed by atoms with E-state index in [-0.39, 0.29) is 16.3 Å². The topological polar surface area (TPSA) is 148 Å². The zero-order valence-electron chi connectivity index (χ0n) is 23.9. The van der Waals surface area contributed by atoms with Crippen LogP contribution in [-0.2, 0) is 25.5 Å². The van der Waals surface area contributed by atoms with Gasteiger partial charge in [-0.25, -0.2) is 13.2 Å². The molecule has 2 atom stereocenters. The Morgan fingerprint density at radius 1 is 1.00 bits per heavy atom. The van der Waals surface area contributed by atoms with E-state index in [0.29, 0.717) is 36.8 Å². The Morgan fingerprint density at radius 2 is 1.65 bits per heavy atom. The van der Waals surface area contributed by atoms with Gasteiger partial charge in [0.1, 0.15) is 11.9 Å². The highest BCUT2D eigenvalue weighted by Gasteiger charge is 2.33. The van der Waals surface area contributed by atoms with Crippen LogP contribution in [0.3, 0.4) is 0 Å². The molecule has 1 aliphatic carbocycles. The number of anilines is 1. The van der Waals surface area contributed by atoms with Crippen molar-refractivity contribution < 1.29 is 45.5 Å². The smallest absolute Gasteiger partial charge is 0.416 e. The number of halogens is 3. The minimum Gasteiger partial charge on any atom is -0.444 e. The molecule has 43 heavy (non-hydrogen) atoms. The average molecular weight is 626 g/mol. The first-order valence-corrected chi connectivity index (χ1v) is 15.2. The molecule has 0 heterocycles. The SMILES string of the molecule is CC(C)(C)OC(=O)Nc1ccc(C(F)(F)F)cc1C(=O)NCC(=O)N[C@H]1CCCC[C@H]1CS(=O)(=O)c1ccc(C=O)cc1. The second-order valence-corrected chi connectivity index (χ2v) is 13.3. The predicted octanol–water partition coefficient (Wildman–Crippen LogP) is 4.74. The van der Waals surface area contributed by atoms with Crippen molar-refractivity contribution in [1.29, 1.82) is 0 Å². The molecule has 0 aliphatic heterocycles. The van der Waals surface area contributed by atoms with E-state index in [1.54, 1.807) is 20.8 Å². The normalized spacial score (nSPS) is 17.4. The molecule has 1 aliphatic rings. The first kappa shape index (κ1) is 33.6. The zero-order chi connectivity index (χ0) is 32.0. The first-order valence-electron chi connectivity index (χ1n) is 13.6. The second kappa shape index (κ2) is 13.6. The van der Waals surface area contributed by atoms with Crippen molar-refractivity contribution in [2.75, 3.05) is 17.6 Å². The third-order valence-corrected chi connectivity index (χ3v) is 8.56. The van der Waals surface area contributed by atoms with Crippen LogP contribution in [0.2, 0.25) is 0 Å². The van der Waals surface area contributed by atoms with Crippen molar-refractivity contribution in [1.82, 2.24) is 10.6 Å². The van der Waals surface area contributed by atoms with Crippen molar-refractivity contribution in [3.05, 3.63) is 59.2 Å². The Bertz CT molecular complexity index is 1450. The molecule has 2 aromatic carbocycles. The summed E-state index contributed by atoms with van der Waals surface area (Å²) < 4.78 is 71.2.